The first-order valence-corrected chi connectivity index (χ1v) is 7.52. The number of carbonyl (C=O) groups is 2. The van der Waals surface area contributed by atoms with Crippen LogP contribution in [0.15, 0.2) is 30.3 Å². The molecule has 3 N–H and O–H groups in total. The zero-order valence-corrected chi connectivity index (χ0v) is 12.3. The normalized spacial score (nSPS) is 16.3. The predicted molar refractivity (Wildman–Crippen MR) is 81.4 cm³/mol. The molecular weight excluding hydrogens is 266 g/mol. The van der Waals surface area contributed by atoms with Crippen LogP contribution in [0.1, 0.15) is 37.3 Å². The van der Waals surface area contributed by atoms with E-state index in [4.69, 9.17) is 5.73 Å². The number of nitrogens with zero attached hydrogens (tertiary/aromatic N) is 1. The molecule has 5 nitrogen and oxygen atoms in total. The topological polar surface area (TPSA) is 75.4 Å². The summed E-state index contributed by atoms with van der Waals surface area (Å²) in [6.07, 6.45) is 3.48. The van der Waals surface area contributed by atoms with E-state index in [1.54, 1.807) is 0 Å². The Hall–Kier alpha value is -1.88. The van der Waals surface area contributed by atoms with Crippen molar-refractivity contribution in [2.45, 2.75) is 31.7 Å². The van der Waals surface area contributed by atoms with Crippen LogP contribution in [0.5, 0.6) is 0 Å². The van der Waals surface area contributed by atoms with Gasteiger partial charge in [0.15, 0.2) is 0 Å². The zero-order chi connectivity index (χ0) is 15.1. The Labute approximate surface area is 125 Å². The minimum absolute atomic E-state index is 0.00340. The van der Waals surface area contributed by atoms with Gasteiger partial charge in [-0.1, -0.05) is 30.3 Å². The van der Waals surface area contributed by atoms with E-state index in [-0.39, 0.29) is 30.8 Å². The monoisotopic (exact) mass is 289 g/mol. The van der Waals surface area contributed by atoms with Crippen LogP contribution in [0.25, 0.3) is 0 Å². The molecule has 2 rings (SSSR count). The molecule has 1 aromatic carbocycles. The van der Waals surface area contributed by atoms with Gasteiger partial charge in [-0.25, -0.2) is 0 Å². The molecule has 1 aliphatic rings. The number of carbonyl (C=O) groups excluding carboxylic acids is 2. The average Bonchev–Trinajstić information content (AvgIpc) is 2.54. The van der Waals surface area contributed by atoms with Crippen LogP contribution in [0.3, 0.4) is 0 Å². The summed E-state index contributed by atoms with van der Waals surface area (Å²) in [4.78, 5) is 25.6. The number of amides is 2. The lowest BCUT2D eigenvalue weighted by Crippen LogP contribution is -2.42. The summed E-state index contributed by atoms with van der Waals surface area (Å²) >= 11 is 0. The van der Waals surface area contributed by atoms with Gasteiger partial charge in [0.05, 0.1) is 6.54 Å². The van der Waals surface area contributed by atoms with Gasteiger partial charge in [-0.3, -0.25) is 9.59 Å². The third-order valence-electron chi connectivity index (χ3n) is 3.78. The van der Waals surface area contributed by atoms with Crippen molar-refractivity contribution in [1.82, 2.24) is 10.2 Å². The highest BCUT2D eigenvalue weighted by Gasteiger charge is 2.17. The molecule has 1 aliphatic heterocycles. The summed E-state index contributed by atoms with van der Waals surface area (Å²) in [6, 6.07) is 9.16. The molecule has 0 aromatic heterocycles. The summed E-state index contributed by atoms with van der Waals surface area (Å²) in [5, 5.41) is 2.67. The molecule has 0 saturated carbocycles. The Kier molecular flexibility index (Phi) is 5.75. The number of piperidine rings is 1. The number of likely N-dealkylation sites (tertiary alicyclic amines) is 1. The summed E-state index contributed by atoms with van der Waals surface area (Å²) in [6.45, 7) is 1.68. The van der Waals surface area contributed by atoms with E-state index in [0.29, 0.717) is 0 Å². The highest BCUT2D eigenvalue weighted by Crippen LogP contribution is 2.13. The summed E-state index contributed by atoms with van der Waals surface area (Å²) in [7, 11) is 0. The highest BCUT2D eigenvalue weighted by molar-refractivity contribution is 5.85. The number of benzene rings is 1. The second kappa shape index (κ2) is 7.78. The van der Waals surface area contributed by atoms with Crippen LogP contribution in [0.2, 0.25) is 0 Å². The first kappa shape index (κ1) is 15.5. The highest BCUT2D eigenvalue weighted by atomic mass is 16.2. The Balaban J connectivity index is 1.73. The van der Waals surface area contributed by atoms with Crippen molar-refractivity contribution in [2.24, 2.45) is 5.73 Å². The number of hydrogen-bond donors (Lipinski definition) is 2. The predicted octanol–water partition coefficient (Wildman–Crippen LogP) is 1.21. The first-order valence-electron chi connectivity index (χ1n) is 7.52. The van der Waals surface area contributed by atoms with Gasteiger partial charge >= 0.3 is 0 Å². The molecule has 0 bridgehead atoms. The number of rotatable bonds is 5. The molecule has 1 atom stereocenters. The Morgan fingerprint density at radius 1 is 1.14 bits per heavy atom. The first-order chi connectivity index (χ1) is 10.2. The van der Waals surface area contributed by atoms with Crippen molar-refractivity contribution in [2.75, 3.05) is 19.6 Å². The van der Waals surface area contributed by atoms with Gasteiger partial charge in [0, 0.05) is 25.6 Å². The molecule has 1 fully saturated rings. The van der Waals surface area contributed by atoms with Gasteiger partial charge in [0.25, 0.3) is 0 Å². The average molecular weight is 289 g/mol. The van der Waals surface area contributed by atoms with Crippen molar-refractivity contribution in [3.63, 3.8) is 0 Å². The summed E-state index contributed by atoms with van der Waals surface area (Å²) < 4.78 is 0. The van der Waals surface area contributed by atoms with Gasteiger partial charge in [-0.15, -0.1) is 0 Å². The largest absolute Gasteiger partial charge is 0.347 e. The quantitative estimate of drug-likeness (QED) is 0.855. The molecule has 1 aromatic rings. The lowest BCUT2D eigenvalue weighted by molar-refractivity contribution is -0.133. The Morgan fingerprint density at radius 2 is 1.81 bits per heavy atom. The fourth-order valence-corrected chi connectivity index (χ4v) is 2.52. The summed E-state index contributed by atoms with van der Waals surface area (Å²) in [5.41, 5.74) is 6.91. The van der Waals surface area contributed by atoms with Crippen molar-refractivity contribution in [3.8, 4) is 0 Å². The SMILES string of the molecule is NC(CC(=O)NCC(=O)N1CCCCC1)c1ccccc1. The van der Waals surface area contributed by atoms with Crippen LogP contribution in [-0.2, 0) is 9.59 Å². The lowest BCUT2D eigenvalue weighted by atomic mass is 10.0. The fraction of sp³-hybridized carbons (Fsp3) is 0.500. The van der Waals surface area contributed by atoms with Gasteiger partial charge in [-0.2, -0.15) is 0 Å². The maximum atomic E-state index is 11.9. The van der Waals surface area contributed by atoms with E-state index in [2.05, 4.69) is 5.32 Å². The molecule has 2 amide bonds. The van der Waals surface area contributed by atoms with Crippen LogP contribution < -0.4 is 11.1 Å². The van der Waals surface area contributed by atoms with Crippen molar-refractivity contribution in [1.29, 1.82) is 0 Å². The smallest absolute Gasteiger partial charge is 0.241 e. The Morgan fingerprint density at radius 3 is 2.48 bits per heavy atom. The fourth-order valence-electron chi connectivity index (χ4n) is 2.52. The second-order valence-corrected chi connectivity index (χ2v) is 5.44. The van der Waals surface area contributed by atoms with Crippen molar-refractivity contribution < 1.29 is 9.59 Å². The van der Waals surface area contributed by atoms with E-state index in [0.717, 1.165) is 31.5 Å². The molecule has 0 radical (unpaired) electrons. The van der Waals surface area contributed by atoms with E-state index in [9.17, 15) is 9.59 Å². The molecule has 0 aliphatic carbocycles. The molecule has 114 valence electrons. The van der Waals surface area contributed by atoms with Crippen molar-refractivity contribution in [3.05, 3.63) is 35.9 Å². The minimum atomic E-state index is -0.337. The van der Waals surface area contributed by atoms with Crippen molar-refractivity contribution >= 4 is 11.8 Å². The maximum Gasteiger partial charge on any atom is 0.241 e. The van der Waals surface area contributed by atoms with Crippen LogP contribution in [-0.4, -0.2) is 36.3 Å². The van der Waals surface area contributed by atoms with Gasteiger partial charge in [-0.05, 0) is 24.8 Å². The Bertz CT molecular complexity index is 470. The van der Waals surface area contributed by atoms with Crippen LogP contribution in [0.4, 0.5) is 0 Å². The molecule has 1 saturated heterocycles. The molecular formula is C16H23N3O2. The molecule has 0 spiro atoms. The molecule has 5 heteroatoms. The van der Waals surface area contributed by atoms with Crippen LogP contribution >= 0.6 is 0 Å². The molecule has 21 heavy (non-hydrogen) atoms. The standard InChI is InChI=1S/C16H23N3O2/c17-14(13-7-3-1-4-8-13)11-15(20)18-12-16(21)19-9-5-2-6-10-19/h1,3-4,7-8,14H,2,5-6,9-12,17H2,(H,18,20). The number of nitrogens with one attached hydrogen (secondary N) is 1. The lowest BCUT2D eigenvalue weighted by Gasteiger charge is -2.26. The summed E-state index contributed by atoms with van der Waals surface area (Å²) in [5.74, 6) is -0.187. The minimum Gasteiger partial charge on any atom is -0.347 e. The second-order valence-electron chi connectivity index (χ2n) is 5.44. The van der Waals surface area contributed by atoms with Gasteiger partial charge < -0.3 is 16.0 Å². The van der Waals surface area contributed by atoms with E-state index >= 15 is 0 Å². The van der Waals surface area contributed by atoms with E-state index in [1.165, 1.54) is 6.42 Å². The van der Waals surface area contributed by atoms with Gasteiger partial charge in [0.2, 0.25) is 11.8 Å². The van der Waals surface area contributed by atoms with Gasteiger partial charge in [0.1, 0.15) is 0 Å². The maximum absolute atomic E-state index is 11.9. The number of nitrogens with two attached hydrogens (primary N) is 1. The van der Waals surface area contributed by atoms with E-state index in [1.807, 2.05) is 35.2 Å². The number of hydrogen-bond acceptors (Lipinski definition) is 3. The van der Waals surface area contributed by atoms with Crippen LogP contribution in [0, 0.1) is 0 Å². The zero-order valence-electron chi connectivity index (χ0n) is 12.3. The molecule has 1 heterocycles. The third kappa shape index (κ3) is 4.86. The third-order valence-corrected chi connectivity index (χ3v) is 3.78. The van der Waals surface area contributed by atoms with E-state index < -0.39 is 0 Å². The molecule has 1 unspecified atom stereocenters.